The molecule has 96 valence electrons. The third kappa shape index (κ3) is 2.11. The van der Waals surface area contributed by atoms with Gasteiger partial charge in [0, 0.05) is 19.2 Å². The van der Waals surface area contributed by atoms with Crippen LogP contribution in [0.2, 0.25) is 0 Å². The maximum absolute atomic E-state index is 5.42. The molecule has 1 heterocycles. The van der Waals surface area contributed by atoms with Gasteiger partial charge in [0.25, 0.3) is 0 Å². The van der Waals surface area contributed by atoms with E-state index in [1.54, 1.807) is 7.11 Å². The summed E-state index contributed by atoms with van der Waals surface area (Å²) in [4.78, 5) is 0. The second-order valence-electron chi connectivity index (χ2n) is 4.27. The fourth-order valence-corrected chi connectivity index (χ4v) is 2.24. The van der Waals surface area contributed by atoms with E-state index in [2.05, 4.69) is 23.4 Å². The summed E-state index contributed by atoms with van der Waals surface area (Å²) >= 11 is 0. The van der Waals surface area contributed by atoms with Gasteiger partial charge in [0.2, 0.25) is 0 Å². The second-order valence-corrected chi connectivity index (χ2v) is 4.27. The summed E-state index contributed by atoms with van der Waals surface area (Å²) < 4.78 is 7.34. The molecule has 0 aliphatic heterocycles. The molecule has 0 aliphatic rings. The quantitative estimate of drug-likeness (QED) is 0.896. The first kappa shape index (κ1) is 12.6. The van der Waals surface area contributed by atoms with Crippen LogP contribution in [0.25, 0.3) is 11.3 Å². The van der Waals surface area contributed by atoms with E-state index < -0.39 is 0 Å². The summed E-state index contributed by atoms with van der Waals surface area (Å²) in [6.45, 7) is 2.87. The Morgan fingerprint density at radius 2 is 2.06 bits per heavy atom. The predicted molar refractivity (Wildman–Crippen MR) is 72.7 cm³/mol. The molecular weight excluding hydrogens is 226 g/mol. The van der Waals surface area contributed by atoms with Gasteiger partial charge in [-0.15, -0.1) is 0 Å². The summed E-state index contributed by atoms with van der Waals surface area (Å²) in [7, 11) is 5.59. The molecule has 2 aromatic rings. The molecule has 0 aliphatic carbocycles. The summed E-state index contributed by atoms with van der Waals surface area (Å²) in [6.07, 6.45) is 0. The number of nitrogens with one attached hydrogen (secondary N) is 1. The number of benzene rings is 1. The molecule has 0 atom stereocenters. The minimum Gasteiger partial charge on any atom is -0.496 e. The fourth-order valence-electron chi connectivity index (χ4n) is 2.24. The smallest absolute Gasteiger partial charge is 0.128 e. The van der Waals surface area contributed by atoms with E-state index in [1.807, 2.05) is 37.0 Å². The number of nitrogens with zero attached hydrogens (tertiary/aromatic N) is 2. The van der Waals surface area contributed by atoms with Gasteiger partial charge in [-0.05, 0) is 31.7 Å². The van der Waals surface area contributed by atoms with Crippen molar-refractivity contribution in [2.24, 2.45) is 7.05 Å². The average molecular weight is 245 g/mol. The lowest BCUT2D eigenvalue weighted by atomic mass is 10.1. The Morgan fingerprint density at radius 1 is 1.33 bits per heavy atom. The summed E-state index contributed by atoms with van der Waals surface area (Å²) in [5.74, 6) is 0.875. The minimum atomic E-state index is 0.773. The summed E-state index contributed by atoms with van der Waals surface area (Å²) in [5.41, 5.74) is 4.45. The van der Waals surface area contributed by atoms with Crippen LogP contribution in [0, 0.1) is 6.92 Å². The lowest BCUT2D eigenvalue weighted by Crippen LogP contribution is -2.06. The van der Waals surface area contributed by atoms with Crippen LogP contribution in [-0.4, -0.2) is 23.9 Å². The number of hydrogen-bond donors (Lipinski definition) is 1. The molecule has 18 heavy (non-hydrogen) atoms. The Bertz CT molecular complexity index is 546. The number of aryl methyl sites for hydroxylation is 1. The Morgan fingerprint density at radius 3 is 2.72 bits per heavy atom. The SMILES string of the molecule is CNCc1nn(C)c(-c2ccccc2OC)c1C. The Labute approximate surface area is 108 Å². The molecule has 0 unspecified atom stereocenters. The van der Waals surface area contributed by atoms with Gasteiger partial charge in [-0.1, -0.05) is 12.1 Å². The second kappa shape index (κ2) is 5.23. The van der Waals surface area contributed by atoms with E-state index in [0.717, 1.165) is 29.2 Å². The zero-order valence-corrected chi connectivity index (χ0v) is 11.3. The maximum Gasteiger partial charge on any atom is 0.128 e. The Hall–Kier alpha value is -1.81. The number of para-hydroxylation sites is 1. The van der Waals surface area contributed by atoms with Gasteiger partial charge >= 0.3 is 0 Å². The van der Waals surface area contributed by atoms with Crippen molar-refractivity contribution in [2.75, 3.05) is 14.2 Å². The molecule has 0 spiro atoms. The molecular formula is C14H19N3O. The summed E-state index contributed by atoms with van der Waals surface area (Å²) in [5, 5.41) is 7.69. The van der Waals surface area contributed by atoms with E-state index in [9.17, 15) is 0 Å². The van der Waals surface area contributed by atoms with Gasteiger partial charge in [-0.2, -0.15) is 5.10 Å². The molecule has 0 saturated heterocycles. The standard InChI is InChI=1S/C14H19N3O/c1-10-12(9-15-2)16-17(3)14(10)11-7-5-6-8-13(11)18-4/h5-8,15H,9H2,1-4H3. The van der Waals surface area contributed by atoms with Crippen molar-refractivity contribution in [3.8, 4) is 17.0 Å². The first-order valence-corrected chi connectivity index (χ1v) is 5.99. The number of hydrogen-bond acceptors (Lipinski definition) is 3. The van der Waals surface area contributed by atoms with Crippen molar-refractivity contribution >= 4 is 0 Å². The highest BCUT2D eigenvalue weighted by Gasteiger charge is 2.16. The van der Waals surface area contributed by atoms with Crippen molar-refractivity contribution in [1.29, 1.82) is 0 Å². The van der Waals surface area contributed by atoms with E-state index >= 15 is 0 Å². The van der Waals surface area contributed by atoms with Crippen LogP contribution in [-0.2, 0) is 13.6 Å². The van der Waals surface area contributed by atoms with Crippen molar-refractivity contribution in [1.82, 2.24) is 15.1 Å². The maximum atomic E-state index is 5.42. The molecule has 1 N–H and O–H groups in total. The van der Waals surface area contributed by atoms with Gasteiger partial charge in [0.1, 0.15) is 5.75 Å². The van der Waals surface area contributed by atoms with Crippen LogP contribution < -0.4 is 10.1 Å². The minimum absolute atomic E-state index is 0.773. The number of methoxy groups -OCH3 is 1. The molecule has 4 nitrogen and oxygen atoms in total. The summed E-state index contributed by atoms with van der Waals surface area (Å²) in [6, 6.07) is 8.02. The molecule has 1 aromatic carbocycles. The number of rotatable bonds is 4. The van der Waals surface area contributed by atoms with Crippen LogP contribution >= 0.6 is 0 Å². The van der Waals surface area contributed by atoms with Gasteiger partial charge < -0.3 is 10.1 Å². The van der Waals surface area contributed by atoms with Gasteiger partial charge in [-0.3, -0.25) is 4.68 Å². The molecule has 1 aromatic heterocycles. The van der Waals surface area contributed by atoms with Crippen LogP contribution in [0.3, 0.4) is 0 Å². The molecule has 4 heteroatoms. The largest absolute Gasteiger partial charge is 0.496 e. The van der Waals surface area contributed by atoms with E-state index in [-0.39, 0.29) is 0 Å². The molecule has 0 saturated carbocycles. The third-order valence-electron chi connectivity index (χ3n) is 3.09. The van der Waals surface area contributed by atoms with Crippen LogP contribution in [0.15, 0.2) is 24.3 Å². The van der Waals surface area contributed by atoms with E-state index in [0.29, 0.717) is 0 Å². The van der Waals surface area contributed by atoms with E-state index in [4.69, 9.17) is 4.74 Å². The Balaban J connectivity index is 2.57. The van der Waals surface area contributed by atoms with Crippen LogP contribution in [0.1, 0.15) is 11.3 Å². The third-order valence-corrected chi connectivity index (χ3v) is 3.09. The molecule has 0 amide bonds. The highest BCUT2D eigenvalue weighted by atomic mass is 16.5. The molecule has 0 bridgehead atoms. The van der Waals surface area contributed by atoms with Crippen molar-refractivity contribution < 1.29 is 4.74 Å². The van der Waals surface area contributed by atoms with Gasteiger partial charge in [-0.25, -0.2) is 0 Å². The van der Waals surface area contributed by atoms with Crippen molar-refractivity contribution in [3.05, 3.63) is 35.5 Å². The van der Waals surface area contributed by atoms with Crippen LogP contribution in [0.5, 0.6) is 5.75 Å². The molecule has 0 radical (unpaired) electrons. The normalized spacial score (nSPS) is 10.7. The topological polar surface area (TPSA) is 39.1 Å². The predicted octanol–water partition coefficient (Wildman–Crippen LogP) is 2.12. The molecule has 0 fully saturated rings. The first-order valence-electron chi connectivity index (χ1n) is 5.99. The number of aromatic nitrogens is 2. The van der Waals surface area contributed by atoms with Gasteiger partial charge in [0.05, 0.1) is 18.5 Å². The Kier molecular flexibility index (Phi) is 3.67. The highest BCUT2D eigenvalue weighted by molar-refractivity contribution is 5.70. The molecule has 2 rings (SSSR count). The highest BCUT2D eigenvalue weighted by Crippen LogP contribution is 2.32. The zero-order valence-electron chi connectivity index (χ0n) is 11.3. The van der Waals surface area contributed by atoms with Gasteiger partial charge in [0.15, 0.2) is 0 Å². The van der Waals surface area contributed by atoms with Crippen molar-refractivity contribution in [2.45, 2.75) is 13.5 Å². The van der Waals surface area contributed by atoms with Crippen molar-refractivity contribution in [3.63, 3.8) is 0 Å². The first-order chi connectivity index (χ1) is 8.69. The lowest BCUT2D eigenvalue weighted by Gasteiger charge is -2.09. The lowest BCUT2D eigenvalue weighted by molar-refractivity contribution is 0.416. The average Bonchev–Trinajstić information content (AvgIpc) is 2.65. The number of ether oxygens (including phenoxy) is 1. The monoisotopic (exact) mass is 245 g/mol. The van der Waals surface area contributed by atoms with E-state index in [1.165, 1.54) is 5.56 Å². The fraction of sp³-hybridized carbons (Fsp3) is 0.357. The van der Waals surface area contributed by atoms with Crippen LogP contribution in [0.4, 0.5) is 0 Å². The zero-order chi connectivity index (χ0) is 13.1.